The van der Waals surface area contributed by atoms with Crippen molar-refractivity contribution in [2.75, 3.05) is 6.54 Å². The first kappa shape index (κ1) is 22.0. The molecule has 2 aromatic carbocycles. The van der Waals surface area contributed by atoms with Crippen molar-refractivity contribution in [3.05, 3.63) is 71.5 Å². The highest BCUT2D eigenvalue weighted by Crippen LogP contribution is 2.35. The summed E-state index contributed by atoms with van der Waals surface area (Å²) >= 11 is 0. The van der Waals surface area contributed by atoms with Crippen molar-refractivity contribution in [3.63, 3.8) is 0 Å². The maximum atomic E-state index is 14.2. The van der Waals surface area contributed by atoms with E-state index in [2.05, 4.69) is 5.32 Å². The normalized spacial score (nSPS) is 20.4. The molecule has 1 aliphatic heterocycles. The second kappa shape index (κ2) is 9.10. The van der Waals surface area contributed by atoms with E-state index < -0.39 is 17.5 Å². The van der Waals surface area contributed by atoms with Crippen molar-refractivity contribution < 1.29 is 18.8 Å². The maximum Gasteiger partial charge on any atom is 0.325 e. The van der Waals surface area contributed by atoms with Crippen LogP contribution in [0.15, 0.2) is 54.6 Å². The van der Waals surface area contributed by atoms with Gasteiger partial charge in [-0.2, -0.15) is 0 Å². The SMILES string of the molecule is CCCCC1(c2ccccc2)NC(=O)N(CC(=O)N(Cc2ccccc2F)C2CC2)C1=O. The fraction of sp³-hybridized carbons (Fsp3) is 0.400. The smallest absolute Gasteiger partial charge is 0.325 e. The number of carbonyl (C=O) groups is 3. The van der Waals surface area contributed by atoms with E-state index in [1.54, 1.807) is 23.1 Å². The lowest BCUT2D eigenvalue weighted by Crippen LogP contribution is -2.46. The molecule has 168 valence electrons. The van der Waals surface area contributed by atoms with E-state index in [0.717, 1.165) is 30.6 Å². The molecular weight excluding hydrogens is 409 g/mol. The van der Waals surface area contributed by atoms with E-state index in [1.807, 2.05) is 37.3 Å². The van der Waals surface area contributed by atoms with Crippen molar-refractivity contribution >= 4 is 17.8 Å². The Balaban J connectivity index is 1.55. The second-order valence-electron chi connectivity index (χ2n) is 8.54. The number of carbonyl (C=O) groups excluding carboxylic acids is 3. The van der Waals surface area contributed by atoms with Gasteiger partial charge in [0.05, 0.1) is 0 Å². The van der Waals surface area contributed by atoms with Gasteiger partial charge in [-0.25, -0.2) is 9.18 Å². The third-order valence-corrected chi connectivity index (χ3v) is 6.25. The lowest BCUT2D eigenvalue weighted by Gasteiger charge is -2.28. The van der Waals surface area contributed by atoms with Crippen molar-refractivity contribution in [1.82, 2.24) is 15.1 Å². The molecule has 0 radical (unpaired) electrons. The first-order valence-electron chi connectivity index (χ1n) is 11.2. The molecule has 1 heterocycles. The molecule has 1 aliphatic carbocycles. The van der Waals surface area contributed by atoms with Crippen LogP contribution in [0.4, 0.5) is 9.18 Å². The zero-order chi connectivity index (χ0) is 22.7. The molecule has 0 bridgehead atoms. The van der Waals surface area contributed by atoms with Crippen LogP contribution >= 0.6 is 0 Å². The van der Waals surface area contributed by atoms with E-state index in [4.69, 9.17) is 0 Å². The summed E-state index contributed by atoms with van der Waals surface area (Å²) in [5, 5.41) is 2.87. The highest BCUT2D eigenvalue weighted by atomic mass is 19.1. The Hall–Kier alpha value is -3.22. The van der Waals surface area contributed by atoms with E-state index in [9.17, 15) is 18.8 Å². The van der Waals surface area contributed by atoms with Crippen LogP contribution < -0.4 is 5.32 Å². The number of nitrogens with one attached hydrogen (secondary N) is 1. The Morgan fingerprint density at radius 3 is 2.47 bits per heavy atom. The van der Waals surface area contributed by atoms with Crippen LogP contribution in [0.5, 0.6) is 0 Å². The number of urea groups is 1. The van der Waals surface area contributed by atoms with E-state index >= 15 is 0 Å². The molecule has 1 saturated carbocycles. The van der Waals surface area contributed by atoms with Crippen LogP contribution in [0.1, 0.15) is 50.2 Å². The number of imide groups is 1. The van der Waals surface area contributed by atoms with E-state index in [1.165, 1.54) is 6.07 Å². The third kappa shape index (κ3) is 4.24. The summed E-state index contributed by atoms with van der Waals surface area (Å²) in [4.78, 5) is 42.2. The van der Waals surface area contributed by atoms with Crippen molar-refractivity contribution in [3.8, 4) is 0 Å². The monoisotopic (exact) mass is 437 g/mol. The summed E-state index contributed by atoms with van der Waals surface area (Å²) in [6, 6.07) is 15.0. The molecule has 0 aromatic heterocycles. The minimum atomic E-state index is -1.16. The number of benzene rings is 2. The summed E-state index contributed by atoms with van der Waals surface area (Å²) in [7, 11) is 0. The summed E-state index contributed by atoms with van der Waals surface area (Å²) in [5.74, 6) is -1.13. The largest absolute Gasteiger partial charge is 0.334 e. The standard InChI is InChI=1S/C25H28FN3O3/c1-2-3-15-25(19-10-5-4-6-11-19)23(31)29(24(32)27-25)17-22(30)28(20-13-14-20)16-18-9-7-8-12-21(18)26/h4-12,20H,2-3,13-17H2,1H3,(H,27,32). The van der Waals surface area contributed by atoms with Gasteiger partial charge in [0.25, 0.3) is 5.91 Å². The molecule has 1 saturated heterocycles. The van der Waals surface area contributed by atoms with Crippen LogP contribution in [-0.2, 0) is 21.7 Å². The van der Waals surface area contributed by atoms with Gasteiger partial charge in [0.2, 0.25) is 5.91 Å². The minimum absolute atomic E-state index is 0.0156. The van der Waals surface area contributed by atoms with Crippen LogP contribution in [0, 0.1) is 5.82 Å². The van der Waals surface area contributed by atoms with E-state index in [0.29, 0.717) is 17.5 Å². The summed E-state index contributed by atoms with van der Waals surface area (Å²) in [6.07, 6.45) is 3.76. The fourth-order valence-electron chi connectivity index (χ4n) is 4.29. The molecule has 4 amide bonds. The van der Waals surface area contributed by atoms with Gasteiger partial charge in [0.1, 0.15) is 17.9 Å². The van der Waals surface area contributed by atoms with Gasteiger partial charge in [-0.1, -0.05) is 68.3 Å². The number of unbranched alkanes of at least 4 members (excludes halogenated alkanes) is 1. The molecule has 6 nitrogen and oxygen atoms in total. The fourth-order valence-corrected chi connectivity index (χ4v) is 4.29. The van der Waals surface area contributed by atoms with Crippen LogP contribution in [0.2, 0.25) is 0 Å². The Morgan fingerprint density at radius 1 is 1.12 bits per heavy atom. The summed E-state index contributed by atoms with van der Waals surface area (Å²) < 4.78 is 14.2. The molecule has 2 aliphatic rings. The molecule has 32 heavy (non-hydrogen) atoms. The first-order valence-corrected chi connectivity index (χ1v) is 11.2. The zero-order valence-electron chi connectivity index (χ0n) is 18.2. The Labute approximate surface area is 187 Å². The molecule has 2 fully saturated rings. The highest BCUT2D eigenvalue weighted by Gasteiger charge is 2.52. The predicted molar refractivity (Wildman–Crippen MR) is 118 cm³/mol. The number of rotatable bonds is 9. The molecule has 4 rings (SSSR count). The van der Waals surface area contributed by atoms with Gasteiger partial charge >= 0.3 is 6.03 Å². The van der Waals surface area contributed by atoms with Crippen molar-refractivity contribution in [1.29, 1.82) is 0 Å². The maximum absolute atomic E-state index is 14.2. The summed E-state index contributed by atoms with van der Waals surface area (Å²) in [6.45, 7) is 1.80. The quantitative estimate of drug-likeness (QED) is 0.604. The molecule has 1 N–H and O–H groups in total. The van der Waals surface area contributed by atoms with Crippen LogP contribution in [0.3, 0.4) is 0 Å². The molecule has 1 atom stereocenters. The number of halogens is 1. The van der Waals surface area contributed by atoms with Crippen molar-refractivity contribution in [2.45, 2.75) is 57.2 Å². The average molecular weight is 438 g/mol. The first-order chi connectivity index (χ1) is 15.5. The number of hydrogen-bond acceptors (Lipinski definition) is 3. The van der Waals surface area contributed by atoms with Gasteiger partial charge in [-0.05, 0) is 30.9 Å². The zero-order valence-corrected chi connectivity index (χ0v) is 18.2. The highest BCUT2D eigenvalue weighted by molar-refractivity contribution is 6.09. The molecule has 0 spiro atoms. The third-order valence-electron chi connectivity index (χ3n) is 6.25. The topological polar surface area (TPSA) is 69.7 Å². The number of hydrogen-bond donors (Lipinski definition) is 1. The van der Waals surface area contributed by atoms with Gasteiger partial charge < -0.3 is 10.2 Å². The lowest BCUT2D eigenvalue weighted by atomic mass is 9.85. The minimum Gasteiger partial charge on any atom is -0.334 e. The van der Waals surface area contributed by atoms with E-state index in [-0.39, 0.29) is 30.9 Å². The molecular formula is C25H28FN3O3. The summed E-state index contributed by atoms with van der Waals surface area (Å²) in [5.41, 5.74) is -0.0245. The van der Waals surface area contributed by atoms with Gasteiger partial charge in [0.15, 0.2) is 0 Å². The van der Waals surface area contributed by atoms with Crippen LogP contribution in [-0.4, -0.2) is 40.2 Å². The predicted octanol–water partition coefficient (Wildman–Crippen LogP) is 3.95. The molecule has 2 aromatic rings. The van der Waals surface area contributed by atoms with Gasteiger partial charge in [-0.3, -0.25) is 14.5 Å². The van der Waals surface area contributed by atoms with Crippen molar-refractivity contribution in [2.24, 2.45) is 0 Å². The Morgan fingerprint density at radius 2 is 1.81 bits per heavy atom. The number of amides is 4. The number of nitrogens with zero attached hydrogens (tertiary/aromatic N) is 2. The Kier molecular flexibility index (Phi) is 6.26. The molecule has 7 heteroatoms. The molecule has 1 unspecified atom stereocenters. The van der Waals surface area contributed by atoms with Crippen LogP contribution in [0.25, 0.3) is 0 Å². The second-order valence-corrected chi connectivity index (χ2v) is 8.54. The van der Waals surface area contributed by atoms with Gasteiger partial charge in [0, 0.05) is 18.2 Å². The Bertz CT molecular complexity index is 1010. The average Bonchev–Trinajstić information content (AvgIpc) is 3.61. The lowest BCUT2D eigenvalue weighted by molar-refractivity contribution is -0.140. The van der Waals surface area contributed by atoms with Gasteiger partial charge in [-0.15, -0.1) is 0 Å².